The van der Waals surface area contributed by atoms with Crippen LogP contribution < -0.4 is 14.9 Å². The molecule has 0 unspecified atom stereocenters. The van der Waals surface area contributed by atoms with Gasteiger partial charge >= 0.3 is 5.97 Å². The van der Waals surface area contributed by atoms with E-state index < -0.39 is 12.0 Å². The van der Waals surface area contributed by atoms with E-state index in [1.165, 1.54) is 11.3 Å². The van der Waals surface area contributed by atoms with Gasteiger partial charge in [0, 0.05) is 16.3 Å². The van der Waals surface area contributed by atoms with Crippen LogP contribution in [0.15, 0.2) is 57.5 Å². The van der Waals surface area contributed by atoms with Crippen molar-refractivity contribution in [1.29, 1.82) is 5.26 Å². The van der Waals surface area contributed by atoms with E-state index in [0.717, 1.165) is 38.0 Å². The molecule has 1 aliphatic rings. The summed E-state index contributed by atoms with van der Waals surface area (Å²) in [5, 5.41) is 10.7. The van der Waals surface area contributed by atoms with Crippen LogP contribution >= 0.6 is 22.7 Å². The van der Waals surface area contributed by atoms with Crippen LogP contribution in [0.2, 0.25) is 0 Å². The van der Waals surface area contributed by atoms with Crippen LogP contribution in [-0.2, 0) is 9.53 Å². The number of hydrogen-bond acceptors (Lipinski definition) is 7. The first-order valence-corrected chi connectivity index (χ1v) is 14.2. The molecule has 0 radical (unpaired) electrons. The number of fused-ring (bicyclic) bond motifs is 1. The van der Waals surface area contributed by atoms with E-state index in [2.05, 4.69) is 15.6 Å². The number of allylic oxidation sites excluding steroid dienone is 1. The molecule has 0 bridgehead atoms. The highest BCUT2D eigenvalue weighted by molar-refractivity contribution is 7.15. The van der Waals surface area contributed by atoms with E-state index >= 15 is 0 Å². The summed E-state index contributed by atoms with van der Waals surface area (Å²) in [4.78, 5) is 33.2. The number of nitriles is 1. The highest BCUT2D eigenvalue weighted by Gasteiger charge is 2.33. The second-order valence-electron chi connectivity index (χ2n) is 9.45. The largest absolute Gasteiger partial charge is 0.463 e. The van der Waals surface area contributed by atoms with Crippen molar-refractivity contribution in [3.05, 3.63) is 106 Å². The van der Waals surface area contributed by atoms with Crippen LogP contribution in [0.25, 0.3) is 11.1 Å². The van der Waals surface area contributed by atoms with Crippen molar-refractivity contribution in [3.63, 3.8) is 0 Å². The maximum Gasteiger partial charge on any atom is 0.338 e. The van der Waals surface area contributed by atoms with E-state index in [-0.39, 0.29) is 12.2 Å². The Morgan fingerprint density at radius 3 is 2.54 bits per heavy atom. The molecule has 4 heterocycles. The third-order valence-corrected chi connectivity index (χ3v) is 9.25. The highest BCUT2D eigenvalue weighted by Crippen LogP contribution is 2.34. The Bertz CT molecular complexity index is 1880. The third kappa shape index (κ3) is 4.40. The monoisotopic (exact) mass is 556 g/mol. The number of ether oxygens (including phenoxy) is 1. The summed E-state index contributed by atoms with van der Waals surface area (Å²) >= 11 is 2.90. The summed E-state index contributed by atoms with van der Waals surface area (Å²) in [5.41, 5.74) is 5.99. The molecule has 0 saturated carbocycles. The summed E-state index contributed by atoms with van der Waals surface area (Å²) in [7, 11) is 0. The van der Waals surface area contributed by atoms with E-state index in [1.807, 2.05) is 70.2 Å². The zero-order chi connectivity index (χ0) is 28.0. The van der Waals surface area contributed by atoms with Crippen LogP contribution in [0.1, 0.15) is 58.4 Å². The second kappa shape index (κ2) is 10.3. The number of carbonyl (C=O) groups is 1. The molecule has 1 aromatic carbocycles. The first-order valence-electron chi connectivity index (χ1n) is 12.6. The minimum absolute atomic E-state index is 0.216. The van der Waals surface area contributed by atoms with Crippen LogP contribution in [0.4, 0.5) is 0 Å². The molecule has 198 valence electrons. The van der Waals surface area contributed by atoms with Gasteiger partial charge in [-0.15, -0.1) is 11.3 Å². The predicted molar refractivity (Wildman–Crippen MR) is 154 cm³/mol. The number of thiazole rings is 1. The molecule has 9 heteroatoms. The smallest absolute Gasteiger partial charge is 0.338 e. The molecule has 0 aliphatic carbocycles. The van der Waals surface area contributed by atoms with Gasteiger partial charge in [0.05, 0.1) is 34.0 Å². The number of aryl methyl sites for hydroxylation is 2. The molecular weight excluding hydrogens is 528 g/mol. The van der Waals surface area contributed by atoms with E-state index in [1.54, 1.807) is 29.8 Å². The van der Waals surface area contributed by atoms with Gasteiger partial charge in [-0.2, -0.15) is 5.26 Å². The van der Waals surface area contributed by atoms with Gasteiger partial charge in [0.2, 0.25) is 0 Å². The number of rotatable bonds is 5. The van der Waals surface area contributed by atoms with Gasteiger partial charge in [-0.05, 0) is 70.4 Å². The first kappa shape index (κ1) is 26.6. The number of esters is 1. The minimum atomic E-state index is -0.633. The molecule has 7 nitrogen and oxygen atoms in total. The lowest BCUT2D eigenvalue weighted by Crippen LogP contribution is -2.39. The summed E-state index contributed by atoms with van der Waals surface area (Å²) < 4.78 is 9.57. The van der Waals surface area contributed by atoms with Gasteiger partial charge in [0.15, 0.2) is 4.80 Å². The molecule has 1 atom stereocenters. The van der Waals surface area contributed by atoms with Gasteiger partial charge in [-0.3, -0.25) is 9.36 Å². The zero-order valence-corrected chi connectivity index (χ0v) is 24.3. The number of carbonyl (C=O) groups excluding carboxylic acids is 1. The molecule has 0 amide bonds. The van der Waals surface area contributed by atoms with Gasteiger partial charge in [-0.25, -0.2) is 9.79 Å². The SMILES string of the molecule is CCOC(=O)C1=C(C)N=c2s/c(=C/c3cc(C)n(-c4sc(C)c(C)c4C#N)c3C)c(=O)n2[C@H]1c1ccccc1. The molecule has 0 N–H and O–H groups in total. The highest BCUT2D eigenvalue weighted by atomic mass is 32.1. The normalized spacial score (nSPS) is 15.2. The fourth-order valence-electron chi connectivity index (χ4n) is 5.03. The Kier molecular flexibility index (Phi) is 7.02. The van der Waals surface area contributed by atoms with Crippen molar-refractivity contribution >= 4 is 34.7 Å². The third-order valence-electron chi connectivity index (χ3n) is 7.07. The topological polar surface area (TPSA) is 89.4 Å². The lowest BCUT2D eigenvalue weighted by atomic mass is 9.96. The lowest BCUT2D eigenvalue weighted by molar-refractivity contribution is -0.139. The predicted octanol–water partition coefficient (Wildman–Crippen LogP) is 4.76. The molecule has 1 aliphatic heterocycles. The van der Waals surface area contributed by atoms with Crippen LogP contribution in [0, 0.1) is 39.0 Å². The maximum absolute atomic E-state index is 13.9. The number of hydrogen-bond donors (Lipinski definition) is 0. The lowest BCUT2D eigenvalue weighted by Gasteiger charge is -2.24. The average molecular weight is 557 g/mol. The van der Waals surface area contributed by atoms with Crippen LogP contribution in [0.5, 0.6) is 0 Å². The van der Waals surface area contributed by atoms with Crippen molar-refractivity contribution in [3.8, 4) is 11.1 Å². The van der Waals surface area contributed by atoms with Gasteiger partial charge in [0.25, 0.3) is 5.56 Å². The fraction of sp³-hybridized carbons (Fsp3) is 0.267. The molecule has 0 fully saturated rings. The molecular formula is C30H28N4O3S2. The Morgan fingerprint density at radius 2 is 1.87 bits per heavy atom. The molecule has 4 aromatic rings. The quantitative estimate of drug-likeness (QED) is 0.332. The summed E-state index contributed by atoms with van der Waals surface area (Å²) in [5.74, 6) is -0.472. The maximum atomic E-state index is 13.9. The Labute approximate surface area is 234 Å². The first-order chi connectivity index (χ1) is 18.7. The number of benzene rings is 1. The Morgan fingerprint density at radius 1 is 1.15 bits per heavy atom. The number of aromatic nitrogens is 2. The molecule has 0 saturated heterocycles. The van der Waals surface area contributed by atoms with Crippen LogP contribution in [0.3, 0.4) is 0 Å². The van der Waals surface area contributed by atoms with Gasteiger partial charge < -0.3 is 9.30 Å². The number of nitrogens with zero attached hydrogens (tertiary/aromatic N) is 4. The van der Waals surface area contributed by atoms with Crippen molar-refractivity contribution in [2.45, 2.75) is 47.6 Å². The fourth-order valence-corrected chi connectivity index (χ4v) is 7.28. The Balaban J connectivity index is 1.70. The van der Waals surface area contributed by atoms with Gasteiger partial charge in [-0.1, -0.05) is 41.7 Å². The average Bonchev–Trinajstić information content (AvgIpc) is 3.48. The standard InChI is InChI=1S/C30H28N4O3S2/c1-7-37-29(36)25-18(4)32-30-34(26(25)21-11-9-8-10-12-21)27(35)24(39-30)14-22-13-16(2)33(19(22)5)28-23(15-31)17(3)20(6)38-28/h8-14,26H,7H2,1-6H3/b24-14+/t26-/m0/s1. The number of thiophene rings is 1. The molecule has 0 spiro atoms. The van der Waals surface area contributed by atoms with E-state index in [9.17, 15) is 14.9 Å². The van der Waals surface area contributed by atoms with Crippen molar-refractivity contribution in [2.24, 2.45) is 4.99 Å². The molecule has 39 heavy (non-hydrogen) atoms. The van der Waals surface area contributed by atoms with Crippen LogP contribution in [-0.4, -0.2) is 21.7 Å². The van der Waals surface area contributed by atoms with Crippen molar-refractivity contribution in [2.75, 3.05) is 6.61 Å². The second-order valence-corrected chi connectivity index (χ2v) is 11.7. The summed E-state index contributed by atoms with van der Waals surface area (Å²) in [6.45, 7) is 11.8. The van der Waals surface area contributed by atoms with E-state index in [4.69, 9.17) is 4.74 Å². The zero-order valence-electron chi connectivity index (χ0n) is 22.7. The minimum Gasteiger partial charge on any atom is -0.463 e. The Hall–Kier alpha value is -4.00. The van der Waals surface area contributed by atoms with Gasteiger partial charge in [0.1, 0.15) is 11.1 Å². The van der Waals surface area contributed by atoms with Crippen molar-refractivity contribution in [1.82, 2.24) is 9.13 Å². The summed E-state index contributed by atoms with van der Waals surface area (Å²) in [6.07, 6.45) is 1.88. The summed E-state index contributed by atoms with van der Waals surface area (Å²) in [6, 6.07) is 13.3. The van der Waals surface area contributed by atoms with Crippen molar-refractivity contribution < 1.29 is 9.53 Å². The molecule has 3 aromatic heterocycles. The van der Waals surface area contributed by atoms with E-state index in [0.29, 0.717) is 26.2 Å². The molecule has 5 rings (SSSR count).